The van der Waals surface area contributed by atoms with Crippen molar-refractivity contribution in [3.63, 3.8) is 0 Å². The number of aryl methyl sites for hydroxylation is 3. The number of hydrogen-bond acceptors (Lipinski definition) is 5. The molecule has 33 heavy (non-hydrogen) atoms. The molecular formula is C25H29N3O4S. The third-order valence-electron chi connectivity index (χ3n) is 6.12. The van der Waals surface area contributed by atoms with Gasteiger partial charge >= 0.3 is 0 Å². The van der Waals surface area contributed by atoms with E-state index in [1.165, 1.54) is 11.8 Å². The Morgan fingerprint density at radius 3 is 2.48 bits per heavy atom. The molecule has 0 amide bonds. The molecule has 0 saturated carbocycles. The average Bonchev–Trinajstić information content (AvgIpc) is 2.80. The first-order valence-electron chi connectivity index (χ1n) is 11.2. The molecule has 174 valence electrons. The summed E-state index contributed by atoms with van der Waals surface area (Å²) in [6, 6.07) is 10.7. The topological polar surface area (TPSA) is 90.3 Å². The van der Waals surface area contributed by atoms with E-state index >= 15 is 0 Å². The summed E-state index contributed by atoms with van der Waals surface area (Å²) in [6.07, 6.45) is 3.47. The number of ether oxygens (including phenoxy) is 1. The van der Waals surface area contributed by atoms with Gasteiger partial charge in [-0.2, -0.15) is 5.10 Å². The van der Waals surface area contributed by atoms with Crippen molar-refractivity contribution in [2.75, 3.05) is 11.8 Å². The highest BCUT2D eigenvalue weighted by molar-refractivity contribution is 7.92. The van der Waals surface area contributed by atoms with Crippen LogP contribution >= 0.6 is 0 Å². The van der Waals surface area contributed by atoms with Crippen LogP contribution in [-0.4, -0.2) is 25.3 Å². The van der Waals surface area contributed by atoms with Crippen molar-refractivity contribution in [1.82, 2.24) is 9.78 Å². The van der Waals surface area contributed by atoms with Crippen LogP contribution in [0.5, 0.6) is 5.75 Å². The van der Waals surface area contributed by atoms with Gasteiger partial charge in [-0.15, -0.1) is 0 Å². The first kappa shape index (κ1) is 23.0. The van der Waals surface area contributed by atoms with Gasteiger partial charge in [-0.3, -0.25) is 9.52 Å². The van der Waals surface area contributed by atoms with Gasteiger partial charge in [-0.25, -0.2) is 13.1 Å². The van der Waals surface area contributed by atoms with Crippen molar-refractivity contribution in [2.45, 2.75) is 57.9 Å². The standard InChI is InChI=1S/C25H29N3O4S/c1-5-28-25(29)20-9-7-6-8-19(20)24(26-28)18-12-11-17(3)23(15-18)33(30,31)27-21-14-16(2)10-13-22(21)32-4/h10-15,27H,5-9H2,1-4H3. The maximum atomic E-state index is 13.4. The number of anilines is 1. The molecule has 1 aliphatic carbocycles. The quantitative estimate of drug-likeness (QED) is 0.586. The molecule has 3 aromatic rings. The molecule has 1 aromatic heterocycles. The smallest absolute Gasteiger partial charge is 0.270 e. The van der Waals surface area contributed by atoms with Crippen molar-refractivity contribution < 1.29 is 13.2 Å². The number of aromatic nitrogens is 2. The first-order valence-corrected chi connectivity index (χ1v) is 12.6. The molecule has 0 saturated heterocycles. The van der Waals surface area contributed by atoms with E-state index in [1.807, 2.05) is 26.0 Å². The van der Waals surface area contributed by atoms with Gasteiger partial charge in [0.25, 0.3) is 15.6 Å². The number of rotatable bonds is 6. The molecule has 1 aliphatic rings. The van der Waals surface area contributed by atoms with Crippen molar-refractivity contribution in [3.05, 3.63) is 69.0 Å². The average molecular weight is 468 g/mol. The number of hydrogen-bond donors (Lipinski definition) is 1. The number of methoxy groups -OCH3 is 1. The predicted molar refractivity (Wildman–Crippen MR) is 130 cm³/mol. The second-order valence-electron chi connectivity index (χ2n) is 8.42. The van der Waals surface area contributed by atoms with Gasteiger partial charge in [0.05, 0.1) is 23.4 Å². The third-order valence-corrected chi connectivity index (χ3v) is 7.62. The lowest BCUT2D eigenvalue weighted by atomic mass is 9.89. The van der Waals surface area contributed by atoms with Crippen LogP contribution in [0.25, 0.3) is 11.3 Å². The number of sulfonamides is 1. The molecule has 1 N–H and O–H groups in total. The summed E-state index contributed by atoms with van der Waals surface area (Å²) in [5.74, 6) is 0.448. The lowest BCUT2D eigenvalue weighted by Gasteiger charge is -2.20. The largest absolute Gasteiger partial charge is 0.495 e. The molecule has 4 rings (SSSR count). The lowest BCUT2D eigenvalue weighted by Crippen LogP contribution is -2.30. The first-order chi connectivity index (χ1) is 15.7. The summed E-state index contributed by atoms with van der Waals surface area (Å²) in [5.41, 5.74) is 5.01. The summed E-state index contributed by atoms with van der Waals surface area (Å²) in [7, 11) is -2.39. The molecule has 0 aliphatic heterocycles. The van der Waals surface area contributed by atoms with Gasteiger partial charge < -0.3 is 4.74 Å². The molecule has 0 radical (unpaired) electrons. The van der Waals surface area contributed by atoms with Crippen LogP contribution in [0.3, 0.4) is 0 Å². The summed E-state index contributed by atoms with van der Waals surface area (Å²) < 4.78 is 36.3. The molecule has 8 heteroatoms. The summed E-state index contributed by atoms with van der Waals surface area (Å²) in [4.78, 5) is 13.0. The van der Waals surface area contributed by atoms with Crippen molar-refractivity contribution in [1.29, 1.82) is 0 Å². The zero-order valence-electron chi connectivity index (χ0n) is 19.4. The maximum Gasteiger partial charge on any atom is 0.270 e. The minimum atomic E-state index is -3.90. The molecule has 0 unspecified atom stereocenters. The SMILES string of the molecule is CCn1nc(-c2ccc(C)c(S(=O)(=O)Nc3cc(C)ccc3OC)c2)c2c(c1=O)CCCC2. The number of nitrogens with one attached hydrogen (secondary N) is 1. The van der Waals surface area contributed by atoms with E-state index in [0.717, 1.165) is 42.4 Å². The van der Waals surface area contributed by atoms with E-state index in [1.54, 1.807) is 31.2 Å². The van der Waals surface area contributed by atoms with Crippen LogP contribution in [0.15, 0.2) is 46.1 Å². The van der Waals surface area contributed by atoms with E-state index in [0.29, 0.717) is 34.8 Å². The summed E-state index contributed by atoms with van der Waals surface area (Å²) >= 11 is 0. The molecular weight excluding hydrogens is 438 g/mol. The normalized spacial score (nSPS) is 13.5. The number of fused-ring (bicyclic) bond motifs is 1. The molecule has 0 fully saturated rings. The fourth-order valence-electron chi connectivity index (χ4n) is 4.37. The second-order valence-corrected chi connectivity index (χ2v) is 10.1. The lowest BCUT2D eigenvalue weighted by molar-refractivity contribution is 0.417. The monoisotopic (exact) mass is 467 g/mol. The molecule has 7 nitrogen and oxygen atoms in total. The molecule has 2 aromatic carbocycles. The van der Waals surface area contributed by atoms with Gasteiger partial charge in [0.15, 0.2) is 0 Å². The molecule has 0 spiro atoms. The van der Waals surface area contributed by atoms with E-state index in [9.17, 15) is 13.2 Å². The van der Waals surface area contributed by atoms with Gasteiger partial charge in [0.1, 0.15) is 5.75 Å². The number of nitrogens with zero attached hydrogens (tertiary/aromatic N) is 2. The zero-order chi connectivity index (χ0) is 23.8. The highest BCUT2D eigenvalue weighted by Crippen LogP contribution is 2.32. The minimum absolute atomic E-state index is 0.0379. The number of benzene rings is 2. The van der Waals surface area contributed by atoms with Crippen LogP contribution in [0, 0.1) is 13.8 Å². The molecule has 0 atom stereocenters. The zero-order valence-corrected chi connectivity index (χ0v) is 20.3. The van der Waals surface area contributed by atoms with Gasteiger partial charge in [-0.1, -0.05) is 18.2 Å². The maximum absolute atomic E-state index is 13.4. The van der Waals surface area contributed by atoms with Crippen molar-refractivity contribution >= 4 is 15.7 Å². The van der Waals surface area contributed by atoms with E-state index in [4.69, 9.17) is 4.74 Å². The van der Waals surface area contributed by atoms with Crippen LogP contribution in [0.2, 0.25) is 0 Å². The van der Waals surface area contributed by atoms with E-state index in [-0.39, 0.29) is 10.5 Å². The van der Waals surface area contributed by atoms with E-state index < -0.39 is 10.0 Å². The second kappa shape index (κ2) is 9.02. The van der Waals surface area contributed by atoms with Crippen molar-refractivity contribution in [2.24, 2.45) is 0 Å². The Kier molecular flexibility index (Phi) is 6.30. The fourth-order valence-corrected chi connectivity index (χ4v) is 5.70. The Morgan fingerprint density at radius 2 is 1.79 bits per heavy atom. The molecule has 0 bridgehead atoms. The van der Waals surface area contributed by atoms with Crippen LogP contribution in [0.4, 0.5) is 5.69 Å². The predicted octanol–water partition coefficient (Wildman–Crippen LogP) is 4.24. The van der Waals surface area contributed by atoms with Crippen LogP contribution in [-0.2, 0) is 29.4 Å². The Bertz CT molecular complexity index is 1380. The Hall–Kier alpha value is -3.13. The van der Waals surface area contributed by atoms with Crippen molar-refractivity contribution in [3.8, 4) is 17.0 Å². The summed E-state index contributed by atoms with van der Waals surface area (Å²) in [5, 5.41) is 4.62. The van der Waals surface area contributed by atoms with Gasteiger partial charge in [-0.05, 0) is 81.3 Å². The Labute approximate surface area is 194 Å². The van der Waals surface area contributed by atoms with Crippen LogP contribution < -0.4 is 15.0 Å². The Balaban J connectivity index is 1.83. The fraction of sp³-hybridized carbons (Fsp3) is 0.360. The van der Waals surface area contributed by atoms with E-state index in [2.05, 4.69) is 9.82 Å². The van der Waals surface area contributed by atoms with Gasteiger partial charge in [0, 0.05) is 17.7 Å². The third kappa shape index (κ3) is 4.39. The highest BCUT2D eigenvalue weighted by Gasteiger charge is 2.24. The Morgan fingerprint density at radius 1 is 1.06 bits per heavy atom. The highest BCUT2D eigenvalue weighted by atomic mass is 32.2. The van der Waals surface area contributed by atoms with Crippen LogP contribution in [0.1, 0.15) is 42.0 Å². The summed E-state index contributed by atoms with van der Waals surface area (Å²) in [6.45, 7) is 6.00. The minimum Gasteiger partial charge on any atom is -0.495 e. The van der Waals surface area contributed by atoms with Gasteiger partial charge in [0.2, 0.25) is 0 Å². The molecule has 1 heterocycles.